The molecule has 22 heavy (non-hydrogen) atoms. The molecule has 0 aliphatic carbocycles. The molecule has 2 aliphatic rings. The first-order valence-electron chi connectivity index (χ1n) is 7.64. The van der Waals surface area contributed by atoms with Crippen molar-refractivity contribution in [2.24, 2.45) is 0 Å². The lowest BCUT2D eigenvalue weighted by atomic mass is 9.89. The molecule has 1 aromatic rings. The Labute approximate surface area is 127 Å². The third-order valence-corrected chi connectivity index (χ3v) is 4.37. The first-order valence-corrected chi connectivity index (χ1v) is 7.64. The highest BCUT2D eigenvalue weighted by Crippen LogP contribution is 2.32. The van der Waals surface area contributed by atoms with E-state index in [1.54, 1.807) is 0 Å². The highest BCUT2D eigenvalue weighted by molar-refractivity contribution is 6.01. The van der Waals surface area contributed by atoms with Crippen LogP contribution in [0.3, 0.4) is 0 Å². The van der Waals surface area contributed by atoms with E-state index in [9.17, 15) is 18.4 Å². The highest BCUT2D eigenvalue weighted by Gasteiger charge is 2.32. The summed E-state index contributed by atoms with van der Waals surface area (Å²) >= 11 is 0. The predicted molar refractivity (Wildman–Crippen MR) is 77.5 cm³/mol. The second kappa shape index (κ2) is 6.02. The van der Waals surface area contributed by atoms with Gasteiger partial charge in [0.1, 0.15) is 11.6 Å². The Hall–Kier alpha value is -1.98. The van der Waals surface area contributed by atoms with Gasteiger partial charge >= 0.3 is 0 Å². The van der Waals surface area contributed by atoms with Crippen molar-refractivity contribution in [3.8, 4) is 0 Å². The molecule has 3 rings (SSSR count). The van der Waals surface area contributed by atoms with Crippen LogP contribution in [0, 0.1) is 11.6 Å². The fourth-order valence-corrected chi connectivity index (χ4v) is 3.21. The molecule has 2 heterocycles. The number of nitrogens with zero attached hydrogens (tertiary/aromatic N) is 1. The lowest BCUT2D eigenvalue weighted by Crippen LogP contribution is -2.40. The summed E-state index contributed by atoms with van der Waals surface area (Å²) in [6.07, 6.45) is 3.40. The minimum atomic E-state index is -0.937. The number of imide groups is 1. The summed E-state index contributed by atoms with van der Waals surface area (Å²) in [7, 11) is 0. The van der Waals surface area contributed by atoms with Crippen LogP contribution in [0.25, 0.3) is 0 Å². The topological polar surface area (TPSA) is 49.4 Å². The monoisotopic (exact) mass is 308 g/mol. The van der Waals surface area contributed by atoms with Crippen LogP contribution < -0.4 is 10.2 Å². The van der Waals surface area contributed by atoms with Crippen molar-refractivity contribution < 1.29 is 18.4 Å². The summed E-state index contributed by atoms with van der Waals surface area (Å²) in [6, 6.07) is 2.60. The second-order valence-corrected chi connectivity index (χ2v) is 5.87. The van der Waals surface area contributed by atoms with Gasteiger partial charge < -0.3 is 4.90 Å². The lowest BCUT2D eigenvalue weighted by molar-refractivity contribution is -0.134. The smallest absolute Gasteiger partial charge is 0.234 e. The number of piperidine rings is 2. The van der Waals surface area contributed by atoms with Gasteiger partial charge in [0.05, 0.1) is 5.92 Å². The fraction of sp³-hybridized carbons (Fsp3) is 0.500. The zero-order chi connectivity index (χ0) is 15.7. The van der Waals surface area contributed by atoms with Crippen molar-refractivity contribution in [1.82, 2.24) is 5.32 Å². The van der Waals surface area contributed by atoms with Crippen molar-refractivity contribution in [1.29, 1.82) is 0 Å². The molecule has 118 valence electrons. The van der Waals surface area contributed by atoms with Gasteiger partial charge in [0.25, 0.3) is 0 Å². The Morgan fingerprint density at radius 3 is 2.27 bits per heavy atom. The van der Waals surface area contributed by atoms with Crippen LogP contribution in [0.4, 0.5) is 14.5 Å². The largest absolute Gasteiger partial charge is 0.371 e. The number of halogens is 2. The van der Waals surface area contributed by atoms with Crippen LogP contribution in [0.5, 0.6) is 0 Å². The molecule has 2 aliphatic heterocycles. The van der Waals surface area contributed by atoms with Gasteiger partial charge in [-0.3, -0.25) is 14.9 Å². The molecule has 4 nitrogen and oxygen atoms in total. The number of hydrogen-bond acceptors (Lipinski definition) is 3. The van der Waals surface area contributed by atoms with Gasteiger partial charge in [-0.05, 0) is 37.8 Å². The maximum absolute atomic E-state index is 14.4. The minimum absolute atomic E-state index is 0.100. The highest BCUT2D eigenvalue weighted by atomic mass is 19.1. The van der Waals surface area contributed by atoms with Gasteiger partial charge in [0.2, 0.25) is 11.8 Å². The molecule has 0 aromatic heterocycles. The first-order chi connectivity index (χ1) is 10.6. The summed E-state index contributed by atoms with van der Waals surface area (Å²) in [5, 5.41) is 2.14. The lowest BCUT2D eigenvalue weighted by Gasteiger charge is -2.30. The molecule has 2 amide bonds. The number of benzene rings is 1. The van der Waals surface area contributed by atoms with E-state index in [0.29, 0.717) is 5.69 Å². The molecule has 1 unspecified atom stereocenters. The zero-order valence-corrected chi connectivity index (χ0v) is 12.2. The van der Waals surface area contributed by atoms with Gasteiger partial charge in [-0.15, -0.1) is 0 Å². The van der Waals surface area contributed by atoms with E-state index in [1.165, 1.54) is 12.1 Å². The third-order valence-electron chi connectivity index (χ3n) is 4.37. The molecule has 1 aromatic carbocycles. The summed E-state index contributed by atoms with van der Waals surface area (Å²) in [5.41, 5.74) is 0.288. The molecule has 1 N–H and O–H groups in total. The Balaban J connectivity index is 1.89. The van der Waals surface area contributed by atoms with Crippen molar-refractivity contribution >= 4 is 17.5 Å². The number of carbonyl (C=O) groups excluding carboxylic acids is 2. The summed E-state index contributed by atoms with van der Waals surface area (Å²) in [5.74, 6) is -3.38. The second-order valence-electron chi connectivity index (χ2n) is 5.87. The van der Waals surface area contributed by atoms with Crippen molar-refractivity contribution in [3.05, 3.63) is 29.3 Å². The Morgan fingerprint density at radius 2 is 1.68 bits per heavy atom. The number of carbonyl (C=O) groups is 2. The summed E-state index contributed by atoms with van der Waals surface area (Å²) in [6.45, 7) is 1.58. The predicted octanol–water partition coefficient (Wildman–Crippen LogP) is 2.48. The van der Waals surface area contributed by atoms with Crippen LogP contribution >= 0.6 is 0 Å². The van der Waals surface area contributed by atoms with Gasteiger partial charge in [-0.2, -0.15) is 0 Å². The van der Waals surface area contributed by atoms with E-state index in [0.717, 1.165) is 32.4 Å². The summed E-state index contributed by atoms with van der Waals surface area (Å²) in [4.78, 5) is 24.9. The van der Waals surface area contributed by atoms with Gasteiger partial charge in [0, 0.05) is 30.8 Å². The molecule has 0 bridgehead atoms. The maximum atomic E-state index is 14.4. The zero-order valence-electron chi connectivity index (χ0n) is 12.2. The normalized spacial score (nSPS) is 22.6. The molecular weight excluding hydrogens is 290 g/mol. The van der Waals surface area contributed by atoms with Gasteiger partial charge in [-0.25, -0.2) is 8.78 Å². The molecule has 2 fully saturated rings. The average molecular weight is 308 g/mol. The van der Waals surface area contributed by atoms with E-state index in [-0.39, 0.29) is 18.4 Å². The molecule has 0 radical (unpaired) electrons. The van der Waals surface area contributed by atoms with Crippen molar-refractivity contribution in [2.75, 3.05) is 18.0 Å². The molecule has 0 spiro atoms. The Bertz CT molecular complexity index is 589. The molecule has 0 saturated carbocycles. The number of anilines is 1. The van der Waals surface area contributed by atoms with Crippen LogP contribution in [0.15, 0.2) is 12.1 Å². The van der Waals surface area contributed by atoms with E-state index in [4.69, 9.17) is 0 Å². The number of hydrogen-bond donors (Lipinski definition) is 1. The molecule has 6 heteroatoms. The van der Waals surface area contributed by atoms with E-state index in [1.807, 2.05) is 4.90 Å². The first kappa shape index (κ1) is 14.9. The van der Waals surface area contributed by atoms with Gasteiger partial charge in [0.15, 0.2) is 0 Å². The van der Waals surface area contributed by atoms with Crippen LogP contribution in [0.2, 0.25) is 0 Å². The van der Waals surface area contributed by atoms with Crippen LogP contribution in [0.1, 0.15) is 43.6 Å². The van der Waals surface area contributed by atoms with Crippen LogP contribution in [-0.2, 0) is 9.59 Å². The van der Waals surface area contributed by atoms with E-state index < -0.39 is 29.4 Å². The van der Waals surface area contributed by atoms with E-state index in [2.05, 4.69) is 5.32 Å². The number of amides is 2. The molecule has 2 saturated heterocycles. The number of nitrogens with one attached hydrogen (secondary N) is 1. The summed E-state index contributed by atoms with van der Waals surface area (Å²) < 4.78 is 28.8. The van der Waals surface area contributed by atoms with E-state index >= 15 is 0 Å². The number of rotatable bonds is 2. The Kier molecular flexibility index (Phi) is 4.09. The fourth-order valence-electron chi connectivity index (χ4n) is 3.21. The standard InChI is InChI=1S/C16H18F2N2O2/c17-12-8-10(20-6-2-1-3-7-20)9-13(18)15(12)11-4-5-14(21)19-16(11)22/h8-9,11H,1-7H2,(H,19,21,22). The molecule has 1 atom stereocenters. The Morgan fingerprint density at radius 1 is 1.05 bits per heavy atom. The SMILES string of the molecule is O=C1CCC(c2c(F)cc(N3CCCCC3)cc2F)C(=O)N1. The van der Waals surface area contributed by atoms with Gasteiger partial charge in [-0.1, -0.05) is 0 Å². The average Bonchev–Trinajstić information content (AvgIpc) is 2.49. The minimum Gasteiger partial charge on any atom is -0.371 e. The maximum Gasteiger partial charge on any atom is 0.234 e. The quantitative estimate of drug-likeness (QED) is 0.854. The van der Waals surface area contributed by atoms with Crippen molar-refractivity contribution in [3.63, 3.8) is 0 Å². The van der Waals surface area contributed by atoms with Crippen LogP contribution in [-0.4, -0.2) is 24.9 Å². The third kappa shape index (κ3) is 2.82. The molecular formula is C16H18F2N2O2. The van der Waals surface area contributed by atoms with Crippen molar-refractivity contribution in [2.45, 2.75) is 38.0 Å².